The highest BCUT2D eigenvalue weighted by Gasteiger charge is 2.24. The van der Waals surface area contributed by atoms with Crippen molar-refractivity contribution in [3.63, 3.8) is 0 Å². The van der Waals surface area contributed by atoms with Crippen LogP contribution in [0.25, 0.3) is 0 Å². The van der Waals surface area contributed by atoms with E-state index in [9.17, 15) is 4.79 Å². The van der Waals surface area contributed by atoms with E-state index in [-0.39, 0.29) is 6.04 Å². The lowest BCUT2D eigenvalue weighted by Crippen LogP contribution is -2.19. The fraction of sp³-hybridized carbons (Fsp3) is 0.250. The van der Waals surface area contributed by atoms with Gasteiger partial charge in [-0.1, -0.05) is 12.2 Å². The van der Waals surface area contributed by atoms with E-state index in [1.54, 1.807) is 24.5 Å². The Balaban J connectivity index is 2.06. The van der Waals surface area contributed by atoms with Crippen LogP contribution in [0.2, 0.25) is 0 Å². The maximum Gasteiger partial charge on any atom is 0.310 e. The molecule has 1 heterocycles. The Labute approximate surface area is 98.4 Å². The van der Waals surface area contributed by atoms with Crippen LogP contribution < -0.4 is 5.32 Å². The number of carbonyl (C=O) groups is 1. The number of pyridine rings is 1. The van der Waals surface area contributed by atoms with Crippen molar-refractivity contribution in [2.75, 3.05) is 5.32 Å². The van der Waals surface area contributed by atoms with E-state index in [1.165, 1.54) is 0 Å². The van der Waals surface area contributed by atoms with Gasteiger partial charge in [0.1, 0.15) is 6.07 Å². The van der Waals surface area contributed by atoms with Crippen LogP contribution in [-0.2, 0) is 4.79 Å². The number of rotatable bonds is 3. The topological polar surface area (TPSA) is 86.0 Å². The maximum absolute atomic E-state index is 10.8. The monoisotopic (exact) mass is 229 g/mol. The maximum atomic E-state index is 10.8. The molecule has 0 saturated carbocycles. The summed E-state index contributed by atoms with van der Waals surface area (Å²) in [5, 5.41) is 20.9. The number of nitrogens with one attached hydrogen (secondary N) is 1. The first-order valence-corrected chi connectivity index (χ1v) is 5.22. The molecule has 2 N–H and O–H groups in total. The number of aliphatic carboxylic acids is 1. The average Bonchev–Trinajstić information content (AvgIpc) is 2.78. The van der Waals surface area contributed by atoms with Gasteiger partial charge in [0.15, 0.2) is 0 Å². The molecule has 1 aromatic rings. The largest absolute Gasteiger partial charge is 0.481 e. The Bertz CT molecular complexity index is 505. The first-order chi connectivity index (χ1) is 8.20. The third-order valence-electron chi connectivity index (χ3n) is 2.68. The van der Waals surface area contributed by atoms with Crippen LogP contribution >= 0.6 is 0 Å². The van der Waals surface area contributed by atoms with E-state index < -0.39 is 11.9 Å². The van der Waals surface area contributed by atoms with Crippen LogP contribution in [-0.4, -0.2) is 22.1 Å². The molecule has 0 bridgehead atoms. The zero-order valence-electron chi connectivity index (χ0n) is 9.00. The van der Waals surface area contributed by atoms with Crippen molar-refractivity contribution in [1.29, 1.82) is 5.26 Å². The smallest absolute Gasteiger partial charge is 0.310 e. The minimum absolute atomic E-state index is 0.0626. The lowest BCUT2D eigenvalue weighted by molar-refractivity contribution is -0.140. The summed E-state index contributed by atoms with van der Waals surface area (Å²) in [6.07, 6.45) is 7.10. The number of aromatic nitrogens is 1. The summed E-state index contributed by atoms with van der Waals surface area (Å²) in [5.74, 6) is -1.27. The number of hydrogen-bond acceptors (Lipinski definition) is 4. The van der Waals surface area contributed by atoms with E-state index in [2.05, 4.69) is 16.4 Å². The normalized spacial score (nSPS) is 22.1. The van der Waals surface area contributed by atoms with Crippen LogP contribution in [0.5, 0.6) is 0 Å². The highest BCUT2D eigenvalue weighted by atomic mass is 16.4. The molecule has 5 heteroatoms. The zero-order valence-corrected chi connectivity index (χ0v) is 9.00. The van der Waals surface area contributed by atoms with Crippen LogP contribution in [0.1, 0.15) is 12.0 Å². The third kappa shape index (κ3) is 2.42. The molecule has 0 fully saturated rings. The second-order valence-electron chi connectivity index (χ2n) is 3.85. The fourth-order valence-corrected chi connectivity index (χ4v) is 1.80. The molecule has 1 aliphatic rings. The minimum Gasteiger partial charge on any atom is -0.481 e. The zero-order chi connectivity index (χ0) is 12.3. The SMILES string of the molecule is N#Cc1ccncc1NC1C=CC(C(=O)O)C1. The predicted molar refractivity (Wildman–Crippen MR) is 61.2 cm³/mol. The molecule has 0 amide bonds. The Morgan fingerprint density at radius 2 is 2.41 bits per heavy atom. The molecule has 5 nitrogen and oxygen atoms in total. The predicted octanol–water partition coefficient (Wildman–Crippen LogP) is 1.39. The average molecular weight is 229 g/mol. The van der Waals surface area contributed by atoms with Crippen molar-refractivity contribution in [2.45, 2.75) is 12.5 Å². The molecule has 0 radical (unpaired) electrons. The van der Waals surface area contributed by atoms with Crippen molar-refractivity contribution in [3.05, 3.63) is 36.2 Å². The highest BCUT2D eigenvalue weighted by molar-refractivity contribution is 5.73. The first kappa shape index (κ1) is 11.1. The van der Waals surface area contributed by atoms with Crippen molar-refractivity contribution in [1.82, 2.24) is 4.98 Å². The van der Waals surface area contributed by atoms with Gasteiger partial charge in [0, 0.05) is 12.2 Å². The van der Waals surface area contributed by atoms with Gasteiger partial charge in [0.2, 0.25) is 0 Å². The van der Waals surface area contributed by atoms with Crippen molar-refractivity contribution in [3.8, 4) is 6.07 Å². The summed E-state index contributed by atoms with van der Waals surface area (Å²) in [4.78, 5) is 14.7. The van der Waals surface area contributed by atoms with E-state index in [0.717, 1.165) is 0 Å². The van der Waals surface area contributed by atoms with Crippen LogP contribution in [0.3, 0.4) is 0 Å². The van der Waals surface area contributed by atoms with Gasteiger partial charge in [-0.3, -0.25) is 9.78 Å². The van der Waals surface area contributed by atoms with Crippen LogP contribution in [0.4, 0.5) is 5.69 Å². The molecule has 1 aromatic heterocycles. The van der Waals surface area contributed by atoms with E-state index in [0.29, 0.717) is 17.7 Å². The molecule has 0 saturated heterocycles. The molecule has 0 aliphatic heterocycles. The number of nitrogens with zero attached hydrogens (tertiary/aromatic N) is 2. The molecule has 2 unspecified atom stereocenters. The Morgan fingerprint density at radius 1 is 1.59 bits per heavy atom. The molecule has 0 spiro atoms. The van der Waals surface area contributed by atoms with Gasteiger partial charge in [-0.25, -0.2) is 0 Å². The first-order valence-electron chi connectivity index (χ1n) is 5.22. The number of carboxylic acid groups (broad SMARTS) is 1. The minimum atomic E-state index is -0.822. The Morgan fingerprint density at radius 3 is 3.06 bits per heavy atom. The summed E-state index contributed by atoms with van der Waals surface area (Å²) in [5.41, 5.74) is 1.14. The number of carboxylic acids is 1. The molecule has 1 aliphatic carbocycles. The quantitative estimate of drug-likeness (QED) is 0.765. The molecule has 86 valence electrons. The van der Waals surface area contributed by atoms with Gasteiger partial charge in [0.25, 0.3) is 0 Å². The number of anilines is 1. The van der Waals surface area contributed by atoms with Gasteiger partial charge in [-0.2, -0.15) is 5.26 Å². The fourth-order valence-electron chi connectivity index (χ4n) is 1.80. The Kier molecular flexibility index (Phi) is 3.06. The lowest BCUT2D eigenvalue weighted by Gasteiger charge is -2.13. The van der Waals surface area contributed by atoms with Crippen LogP contribution in [0.15, 0.2) is 30.6 Å². The highest BCUT2D eigenvalue weighted by Crippen LogP contribution is 2.22. The van der Waals surface area contributed by atoms with E-state index in [1.807, 2.05) is 6.08 Å². The number of nitriles is 1. The van der Waals surface area contributed by atoms with Crippen molar-refractivity contribution < 1.29 is 9.90 Å². The summed E-state index contributed by atoms with van der Waals surface area (Å²) >= 11 is 0. The standard InChI is InChI=1S/C12H11N3O2/c13-6-9-3-4-14-7-11(9)15-10-2-1-8(5-10)12(16)17/h1-4,7-8,10,15H,5H2,(H,16,17). The van der Waals surface area contributed by atoms with E-state index >= 15 is 0 Å². The van der Waals surface area contributed by atoms with Gasteiger partial charge >= 0.3 is 5.97 Å². The number of hydrogen-bond donors (Lipinski definition) is 2. The summed E-state index contributed by atoms with van der Waals surface area (Å²) in [6.45, 7) is 0. The van der Waals surface area contributed by atoms with Crippen molar-refractivity contribution in [2.24, 2.45) is 5.92 Å². The van der Waals surface area contributed by atoms with Gasteiger partial charge < -0.3 is 10.4 Å². The third-order valence-corrected chi connectivity index (χ3v) is 2.68. The molecule has 0 aromatic carbocycles. The van der Waals surface area contributed by atoms with Gasteiger partial charge in [-0.05, 0) is 12.5 Å². The summed E-state index contributed by atoms with van der Waals surface area (Å²) < 4.78 is 0. The second-order valence-corrected chi connectivity index (χ2v) is 3.85. The molecule has 2 atom stereocenters. The lowest BCUT2D eigenvalue weighted by atomic mass is 10.1. The summed E-state index contributed by atoms with van der Waals surface area (Å²) in [6, 6.07) is 3.62. The molecule has 2 rings (SSSR count). The molecular formula is C12H11N3O2. The van der Waals surface area contributed by atoms with Gasteiger partial charge in [-0.15, -0.1) is 0 Å². The summed E-state index contributed by atoms with van der Waals surface area (Å²) in [7, 11) is 0. The van der Waals surface area contributed by atoms with Gasteiger partial charge in [0.05, 0.1) is 23.4 Å². The van der Waals surface area contributed by atoms with E-state index in [4.69, 9.17) is 10.4 Å². The van der Waals surface area contributed by atoms with Crippen LogP contribution in [0, 0.1) is 17.2 Å². The second kappa shape index (κ2) is 4.66. The Hall–Kier alpha value is -2.35. The van der Waals surface area contributed by atoms with Crippen molar-refractivity contribution >= 4 is 11.7 Å². The molecular weight excluding hydrogens is 218 g/mol. The molecule has 17 heavy (non-hydrogen) atoms.